The van der Waals surface area contributed by atoms with Gasteiger partial charge in [-0.05, 0) is 23.6 Å². The zero-order valence-electron chi connectivity index (χ0n) is 14.2. The van der Waals surface area contributed by atoms with E-state index in [4.69, 9.17) is 0 Å². The van der Waals surface area contributed by atoms with Crippen molar-refractivity contribution in [3.8, 4) is 5.75 Å². The van der Waals surface area contributed by atoms with Crippen LogP contribution in [0.4, 0.5) is 17.1 Å². The van der Waals surface area contributed by atoms with E-state index >= 15 is 0 Å². The molecule has 152 valence electrons. The van der Waals surface area contributed by atoms with E-state index in [-0.39, 0.29) is 22.1 Å². The molecule has 0 radical (unpaired) electrons. The van der Waals surface area contributed by atoms with Gasteiger partial charge in [0.25, 0.3) is 25.9 Å². The first kappa shape index (κ1) is 20.5. The molecule has 3 rings (SSSR count). The van der Waals surface area contributed by atoms with Crippen LogP contribution in [0.3, 0.4) is 0 Å². The molecule has 0 bridgehead atoms. The normalized spacial score (nSPS) is 12.1. The van der Waals surface area contributed by atoms with E-state index < -0.39 is 46.4 Å². The number of benzene rings is 3. The molecular formula is C16H12N2O9S2. The molecule has 0 saturated heterocycles. The maximum Gasteiger partial charge on any atom is 0.296 e. The number of hydrogen-bond donors (Lipinski definition) is 4. The van der Waals surface area contributed by atoms with Crippen molar-refractivity contribution in [2.45, 2.75) is 9.79 Å². The number of anilines is 2. The Hall–Kier alpha value is -3.26. The van der Waals surface area contributed by atoms with Gasteiger partial charge in [0, 0.05) is 23.6 Å². The van der Waals surface area contributed by atoms with Gasteiger partial charge in [-0.25, -0.2) is 0 Å². The highest BCUT2D eigenvalue weighted by Gasteiger charge is 2.21. The van der Waals surface area contributed by atoms with E-state index in [9.17, 15) is 41.2 Å². The summed E-state index contributed by atoms with van der Waals surface area (Å²) in [6, 6.07) is 8.95. The van der Waals surface area contributed by atoms with E-state index in [1.165, 1.54) is 18.2 Å². The molecule has 11 nitrogen and oxygen atoms in total. The molecule has 4 N–H and O–H groups in total. The lowest BCUT2D eigenvalue weighted by Crippen LogP contribution is -2.05. The molecule has 0 unspecified atom stereocenters. The topological polar surface area (TPSA) is 184 Å². The number of phenolic OH excluding ortho intramolecular Hbond substituents is 1. The van der Waals surface area contributed by atoms with Gasteiger partial charge in [0.05, 0.1) is 21.2 Å². The lowest BCUT2D eigenvalue weighted by atomic mass is 10.1. The molecule has 29 heavy (non-hydrogen) atoms. The van der Waals surface area contributed by atoms with Crippen LogP contribution < -0.4 is 5.32 Å². The second-order valence-electron chi connectivity index (χ2n) is 5.86. The van der Waals surface area contributed by atoms with Crippen LogP contribution in [-0.4, -0.2) is 36.0 Å². The summed E-state index contributed by atoms with van der Waals surface area (Å²) < 4.78 is 64.5. The van der Waals surface area contributed by atoms with Crippen LogP contribution in [0.25, 0.3) is 10.8 Å². The first-order chi connectivity index (χ1) is 13.4. The van der Waals surface area contributed by atoms with Gasteiger partial charge < -0.3 is 10.4 Å². The highest BCUT2D eigenvalue weighted by atomic mass is 32.2. The zero-order valence-corrected chi connectivity index (χ0v) is 15.8. The molecule has 0 aliphatic rings. The van der Waals surface area contributed by atoms with Gasteiger partial charge in [-0.3, -0.25) is 19.2 Å². The fourth-order valence-electron chi connectivity index (χ4n) is 2.72. The molecule has 0 aliphatic carbocycles. The number of phenols is 1. The van der Waals surface area contributed by atoms with Crippen molar-refractivity contribution in [1.82, 2.24) is 0 Å². The predicted octanol–water partition coefficient (Wildman–Crippen LogP) is 2.69. The summed E-state index contributed by atoms with van der Waals surface area (Å²) in [6.07, 6.45) is 0. The average Bonchev–Trinajstić information content (AvgIpc) is 2.60. The number of nitro groups is 1. The Morgan fingerprint density at radius 3 is 2.17 bits per heavy atom. The Kier molecular flexibility index (Phi) is 4.92. The Bertz CT molecular complexity index is 1370. The van der Waals surface area contributed by atoms with E-state index in [0.717, 1.165) is 24.3 Å². The molecule has 0 fully saturated rings. The van der Waals surface area contributed by atoms with Crippen LogP contribution in [0.1, 0.15) is 0 Å². The first-order valence-corrected chi connectivity index (χ1v) is 10.5. The summed E-state index contributed by atoms with van der Waals surface area (Å²) in [4.78, 5) is 8.74. The molecule has 0 heterocycles. The van der Waals surface area contributed by atoms with Gasteiger partial charge in [0.1, 0.15) is 10.6 Å². The fourth-order valence-corrected chi connectivity index (χ4v) is 3.92. The lowest BCUT2D eigenvalue weighted by molar-refractivity contribution is -0.385. The molecule has 3 aromatic rings. The molecule has 0 aromatic heterocycles. The van der Waals surface area contributed by atoms with Crippen LogP contribution in [0.5, 0.6) is 5.75 Å². The summed E-state index contributed by atoms with van der Waals surface area (Å²) in [5, 5.41) is 24.1. The summed E-state index contributed by atoms with van der Waals surface area (Å²) >= 11 is 0. The standard InChI is InChI=1S/C16H12N2O9S2/c19-14-8-11(28(22,23)24)6-9-2-1-3-13(16(9)14)17-12-5-4-10(18(20)21)7-15(12)29(25,26)27/h1-8,17,19H,(H,22,23,24)(H,25,26,27). The van der Waals surface area contributed by atoms with Crippen molar-refractivity contribution >= 4 is 48.1 Å². The van der Waals surface area contributed by atoms with Gasteiger partial charge in [-0.15, -0.1) is 0 Å². The first-order valence-electron chi connectivity index (χ1n) is 7.64. The smallest absolute Gasteiger partial charge is 0.296 e. The quantitative estimate of drug-likeness (QED) is 0.261. The van der Waals surface area contributed by atoms with Gasteiger partial charge in [0.2, 0.25) is 0 Å². The molecule has 0 saturated carbocycles. The van der Waals surface area contributed by atoms with Crippen molar-refractivity contribution in [1.29, 1.82) is 0 Å². The third kappa shape index (κ3) is 4.12. The summed E-state index contributed by atoms with van der Waals surface area (Å²) in [6.45, 7) is 0. The van der Waals surface area contributed by atoms with Gasteiger partial charge in [-0.1, -0.05) is 12.1 Å². The Balaban J connectivity index is 2.20. The summed E-state index contributed by atoms with van der Waals surface area (Å²) in [5.74, 6) is -0.534. The maximum atomic E-state index is 11.7. The Labute approximate surface area is 163 Å². The van der Waals surface area contributed by atoms with Crippen LogP contribution in [0.15, 0.2) is 58.3 Å². The van der Waals surface area contributed by atoms with E-state index in [1.54, 1.807) is 0 Å². The highest BCUT2D eigenvalue weighted by Crippen LogP contribution is 2.37. The molecular weight excluding hydrogens is 428 g/mol. The average molecular weight is 440 g/mol. The minimum absolute atomic E-state index is 0.0829. The van der Waals surface area contributed by atoms with Crippen molar-refractivity contribution < 1.29 is 36.0 Å². The highest BCUT2D eigenvalue weighted by molar-refractivity contribution is 7.86. The van der Waals surface area contributed by atoms with E-state index in [0.29, 0.717) is 6.07 Å². The number of fused-ring (bicyclic) bond motifs is 1. The van der Waals surface area contributed by atoms with Crippen LogP contribution in [0, 0.1) is 10.1 Å². The van der Waals surface area contributed by atoms with Gasteiger partial charge in [0.15, 0.2) is 0 Å². The lowest BCUT2D eigenvalue weighted by Gasteiger charge is -2.14. The monoisotopic (exact) mass is 440 g/mol. The number of aromatic hydroxyl groups is 1. The second-order valence-corrected chi connectivity index (χ2v) is 8.67. The molecule has 0 aliphatic heterocycles. The third-order valence-electron chi connectivity index (χ3n) is 3.95. The zero-order chi connectivity index (χ0) is 21.6. The van der Waals surface area contributed by atoms with Crippen molar-refractivity contribution in [2.24, 2.45) is 0 Å². The molecule has 0 atom stereocenters. The SMILES string of the molecule is O=[N+]([O-])c1ccc(Nc2cccc3cc(S(=O)(=O)O)cc(O)c23)c(S(=O)(=O)O)c1. The van der Waals surface area contributed by atoms with Gasteiger partial charge in [-0.2, -0.15) is 16.8 Å². The van der Waals surface area contributed by atoms with Crippen LogP contribution >= 0.6 is 0 Å². The maximum absolute atomic E-state index is 11.7. The predicted molar refractivity (Wildman–Crippen MR) is 102 cm³/mol. The van der Waals surface area contributed by atoms with Crippen LogP contribution in [-0.2, 0) is 20.2 Å². The van der Waals surface area contributed by atoms with Gasteiger partial charge >= 0.3 is 0 Å². The van der Waals surface area contributed by atoms with Crippen LogP contribution in [0.2, 0.25) is 0 Å². The number of nitrogens with zero attached hydrogens (tertiary/aromatic N) is 1. The molecule has 0 spiro atoms. The number of non-ortho nitro benzene ring substituents is 1. The largest absolute Gasteiger partial charge is 0.507 e. The summed E-state index contributed by atoms with van der Waals surface area (Å²) in [7, 11) is -9.43. The minimum Gasteiger partial charge on any atom is -0.507 e. The number of rotatable bonds is 5. The van der Waals surface area contributed by atoms with Crippen molar-refractivity contribution in [3.63, 3.8) is 0 Å². The second kappa shape index (κ2) is 6.97. The molecule has 3 aromatic carbocycles. The summed E-state index contributed by atoms with van der Waals surface area (Å²) in [5.41, 5.74) is -0.675. The van der Waals surface area contributed by atoms with Crippen molar-refractivity contribution in [2.75, 3.05) is 5.32 Å². The minimum atomic E-state index is -4.84. The molecule has 0 amide bonds. The Morgan fingerprint density at radius 2 is 1.59 bits per heavy atom. The molecule has 13 heteroatoms. The number of nitro benzene ring substituents is 1. The number of hydrogen-bond acceptors (Lipinski definition) is 8. The van der Waals surface area contributed by atoms with E-state index in [1.807, 2.05) is 0 Å². The number of nitrogens with one attached hydrogen (secondary N) is 1. The van der Waals surface area contributed by atoms with E-state index in [2.05, 4.69) is 5.32 Å². The Morgan fingerprint density at radius 1 is 0.897 bits per heavy atom. The fraction of sp³-hybridized carbons (Fsp3) is 0. The third-order valence-corrected chi connectivity index (χ3v) is 5.68. The van der Waals surface area contributed by atoms with Crippen molar-refractivity contribution in [3.05, 3.63) is 58.6 Å².